The van der Waals surface area contributed by atoms with Crippen LogP contribution in [-0.2, 0) is 14.8 Å². The number of ether oxygens (including phenoxy) is 1. The van der Waals surface area contributed by atoms with E-state index in [0.717, 1.165) is 24.3 Å². The quantitative estimate of drug-likeness (QED) is 0.610. The van der Waals surface area contributed by atoms with Crippen molar-refractivity contribution in [2.24, 2.45) is 0 Å². The Morgan fingerprint density at radius 3 is 2.48 bits per heavy atom. The molecule has 1 heterocycles. The van der Waals surface area contributed by atoms with E-state index in [2.05, 4.69) is 4.72 Å². The highest BCUT2D eigenvalue weighted by atomic mass is 32.2. The van der Waals surface area contributed by atoms with E-state index in [0.29, 0.717) is 6.54 Å². The minimum absolute atomic E-state index is 0.0289. The summed E-state index contributed by atoms with van der Waals surface area (Å²) in [6.07, 6.45) is -1.04. The molecule has 1 atom stereocenters. The van der Waals surface area contributed by atoms with E-state index in [4.69, 9.17) is 4.74 Å². The Balaban J connectivity index is 1.99. The summed E-state index contributed by atoms with van der Waals surface area (Å²) in [7, 11) is -3.83. The molecule has 0 aliphatic carbocycles. The van der Waals surface area contributed by atoms with Crippen molar-refractivity contribution in [1.29, 1.82) is 0 Å². The van der Waals surface area contributed by atoms with Crippen molar-refractivity contribution in [2.45, 2.75) is 30.9 Å². The maximum atomic E-state index is 12.1. The van der Waals surface area contributed by atoms with Crippen molar-refractivity contribution in [3.05, 3.63) is 34.4 Å². The molecule has 0 unspecified atom stereocenters. The van der Waals surface area contributed by atoms with Crippen molar-refractivity contribution < 1.29 is 22.9 Å². The fourth-order valence-electron chi connectivity index (χ4n) is 2.10. The molecule has 0 saturated carbocycles. The third kappa shape index (κ3) is 3.96. The van der Waals surface area contributed by atoms with Crippen LogP contribution in [0, 0.1) is 10.1 Å². The number of carbonyl (C=O) groups is 1. The second-order valence-corrected chi connectivity index (χ2v) is 7.12. The zero-order chi connectivity index (χ0) is 17.2. The molecule has 0 bridgehead atoms. The zero-order valence-electron chi connectivity index (χ0n) is 12.6. The Bertz CT molecular complexity index is 701. The standard InChI is InChI=1S/C13H17N3O6S/c1-9(2)15-8-11(22-13(15)17)7-14-23(20,21)12-5-3-10(4-6-12)16(18)19/h3-6,9,11,14H,7-8H2,1-2H3/t11-/m1/s1. The first-order chi connectivity index (χ1) is 10.7. The van der Waals surface area contributed by atoms with Gasteiger partial charge in [0.2, 0.25) is 10.0 Å². The zero-order valence-corrected chi connectivity index (χ0v) is 13.4. The van der Waals surface area contributed by atoms with Crippen LogP contribution in [0.1, 0.15) is 13.8 Å². The summed E-state index contributed by atoms with van der Waals surface area (Å²) in [5.41, 5.74) is -0.193. The molecule has 1 N–H and O–H groups in total. The van der Waals surface area contributed by atoms with Gasteiger partial charge in [0.25, 0.3) is 5.69 Å². The average Bonchev–Trinajstić information content (AvgIpc) is 2.87. The summed E-state index contributed by atoms with van der Waals surface area (Å²) in [6.45, 7) is 3.92. The van der Waals surface area contributed by atoms with E-state index in [1.165, 1.54) is 4.90 Å². The van der Waals surface area contributed by atoms with Crippen molar-refractivity contribution in [3.8, 4) is 0 Å². The number of carbonyl (C=O) groups excluding carboxylic acids is 1. The van der Waals surface area contributed by atoms with Gasteiger partial charge in [-0.15, -0.1) is 0 Å². The smallest absolute Gasteiger partial charge is 0.410 e. The normalized spacial score (nSPS) is 18.3. The number of rotatable bonds is 6. The molecular formula is C13H17N3O6S. The first-order valence-corrected chi connectivity index (χ1v) is 8.40. The number of hydrogen-bond donors (Lipinski definition) is 1. The van der Waals surface area contributed by atoms with Gasteiger partial charge in [-0.2, -0.15) is 0 Å². The number of nitro benzene ring substituents is 1. The fraction of sp³-hybridized carbons (Fsp3) is 0.462. The molecule has 0 radical (unpaired) electrons. The molecule has 1 aromatic rings. The molecule has 23 heavy (non-hydrogen) atoms. The maximum absolute atomic E-state index is 12.1. The molecule has 126 valence electrons. The first kappa shape index (κ1) is 17.2. The lowest BCUT2D eigenvalue weighted by atomic mass is 10.3. The number of non-ortho nitro benzene ring substituents is 1. The molecule has 10 heteroatoms. The number of amides is 1. The van der Waals surface area contributed by atoms with E-state index in [1.807, 2.05) is 13.8 Å². The number of nitrogens with zero attached hydrogens (tertiary/aromatic N) is 2. The second kappa shape index (κ2) is 6.50. The average molecular weight is 343 g/mol. The second-order valence-electron chi connectivity index (χ2n) is 5.35. The van der Waals surface area contributed by atoms with Crippen LogP contribution in [0.25, 0.3) is 0 Å². The third-order valence-corrected chi connectivity index (χ3v) is 4.82. The summed E-state index contributed by atoms with van der Waals surface area (Å²) in [5.74, 6) is 0. The van der Waals surface area contributed by atoms with Gasteiger partial charge < -0.3 is 9.64 Å². The third-order valence-electron chi connectivity index (χ3n) is 3.38. The highest BCUT2D eigenvalue weighted by Crippen LogP contribution is 2.17. The number of nitro groups is 1. The number of nitrogens with one attached hydrogen (secondary N) is 1. The molecule has 1 amide bonds. The van der Waals surface area contributed by atoms with E-state index in [9.17, 15) is 23.3 Å². The van der Waals surface area contributed by atoms with Crippen LogP contribution >= 0.6 is 0 Å². The van der Waals surface area contributed by atoms with E-state index < -0.39 is 27.1 Å². The Hall–Kier alpha value is -2.20. The SMILES string of the molecule is CC(C)N1C[C@@H](CNS(=O)(=O)c2ccc([N+](=O)[O-])cc2)OC1=O. The van der Waals surface area contributed by atoms with Crippen molar-refractivity contribution in [1.82, 2.24) is 9.62 Å². The van der Waals surface area contributed by atoms with E-state index in [1.54, 1.807) is 0 Å². The highest BCUT2D eigenvalue weighted by Gasteiger charge is 2.33. The summed E-state index contributed by atoms with van der Waals surface area (Å²) in [6, 6.07) is 4.51. The van der Waals surface area contributed by atoms with Gasteiger partial charge in [0.05, 0.1) is 16.4 Å². The van der Waals surface area contributed by atoms with Gasteiger partial charge in [0, 0.05) is 24.7 Å². The molecule has 1 fully saturated rings. The van der Waals surface area contributed by atoms with Crippen LogP contribution in [-0.4, -0.2) is 49.6 Å². The largest absolute Gasteiger partial charge is 0.443 e. The van der Waals surface area contributed by atoms with Crippen LogP contribution in [0.4, 0.5) is 10.5 Å². The van der Waals surface area contributed by atoms with Crippen LogP contribution < -0.4 is 4.72 Å². The Labute approximate surface area is 133 Å². The van der Waals surface area contributed by atoms with Crippen molar-refractivity contribution >= 4 is 21.8 Å². The Morgan fingerprint density at radius 1 is 1.39 bits per heavy atom. The number of sulfonamides is 1. The van der Waals surface area contributed by atoms with E-state index >= 15 is 0 Å². The Kier molecular flexibility index (Phi) is 4.85. The summed E-state index contributed by atoms with van der Waals surface area (Å²) in [4.78, 5) is 23.0. The monoisotopic (exact) mass is 343 g/mol. The lowest BCUT2D eigenvalue weighted by molar-refractivity contribution is -0.384. The van der Waals surface area contributed by atoms with Gasteiger partial charge in [-0.1, -0.05) is 0 Å². The fourth-order valence-corrected chi connectivity index (χ4v) is 3.17. The summed E-state index contributed by atoms with van der Waals surface area (Å²) >= 11 is 0. The highest BCUT2D eigenvalue weighted by molar-refractivity contribution is 7.89. The van der Waals surface area contributed by atoms with Crippen molar-refractivity contribution in [2.75, 3.05) is 13.1 Å². The first-order valence-electron chi connectivity index (χ1n) is 6.92. The van der Waals surface area contributed by atoms with Gasteiger partial charge in [-0.25, -0.2) is 17.9 Å². The molecule has 1 aliphatic rings. The molecule has 1 aromatic carbocycles. The maximum Gasteiger partial charge on any atom is 0.410 e. The molecule has 0 aromatic heterocycles. The minimum atomic E-state index is -3.83. The van der Waals surface area contributed by atoms with Gasteiger partial charge in [0.15, 0.2) is 0 Å². The molecule has 1 aliphatic heterocycles. The number of cyclic esters (lactones) is 1. The predicted molar refractivity (Wildman–Crippen MR) is 80.4 cm³/mol. The molecule has 1 saturated heterocycles. The van der Waals surface area contributed by atoms with Gasteiger partial charge in [-0.3, -0.25) is 10.1 Å². The van der Waals surface area contributed by atoms with Crippen LogP contribution in [0.5, 0.6) is 0 Å². The molecule has 9 nitrogen and oxygen atoms in total. The van der Waals surface area contributed by atoms with E-state index in [-0.39, 0.29) is 23.2 Å². The number of benzene rings is 1. The molecule has 2 rings (SSSR count). The topological polar surface area (TPSA) is 119 Å². The summed E-state index contributed by atoms with van der Waals surface area (Å²) < 4.78 is 31.7. The minimum Gasteiger partial charge on any atom is -0.443 e. The van der Waals surface area contributed by atoms with Gasteiger partial charge in [-0.05, 0) is 26.0 Å². The summed E-state index contributed by atoms with van der Waals surface area (Å²) in [5, 5.41) is 10.6. The lowest BCUT2D eigenvalue weighted by Crippen LogP contribution is -2.36. The molecular weight excluding hydrogens is 326 g/mol. The lowest BCUT2D eigenvalue weighted by Gasteiger charge is -2.16. The van der Waals surface area contributed by atoms with Crippen LogP contribution in [0.2, 0.25) is 0 Å². The van der Waals surface area contributed by atoms with Gasteiger partial charge >= 0.3 is 6.09 Å². The molecule has 0 spiro atoms. The predicted octanol–water partition coefficient (Wildman–Crippen LogP) is 1.10. The van der Waals surface area contributed by atoms with Crippen LogP contribution in [0.3, 0.4) is 0 Å². The van der Waals surface area contributed by atoms with Gasteiger partial charge in [0.1, 0.15) is 6.10 Å². The number of hydrogen-bond acceptors (Lipinski definition) is 6. The van der Waals surface area contributed by atoms with Crippen LogP contribution in [0.15, 0.2) is 29.2 Å². The Morgan fingerprint density at radius 2 is 2.00 bits per heavy atom. The van der Waals surface area contributed by atoms with Crippen molar-refractivity contribution in [3.63, 3.8) is 0 Å².